The van der Waals surface area contributed by atoms with Gasteiger partial charge in [0.2, 0.25) is 5.91 Å². The van der Waals surface area contributed by atoms with Gasteiger partial charge in [0.1, 0.15) is 11.5 Å². The molecule has 2 amide bonds. The molecule has 0 radical (unpaired) electrons. The van der Waals surface area contributed by atoms with Gasteiger partial charge in [0, 0.05) is 13.7 Å². The Balaban J connectivity index is 2.32. The van der Waals surface area contributed by atoms with Crippen molar-refractivity contribution < 1.29 is 14.3 Å². The van der Waals surface area contributed by atoms with Crippen molar-refractivity contribution in [2.45, 2.75) is 0 Å². The third kappa shape index (κ3) is 4.74. The molecule has 1 heterocycles. The maximum Gasteiger partial charge on any atom is 0.271 e. The molecule has 0 saturated carbocycles. The predicted molar refractivity (Wildman–Crippen MR) is 63.7 cm³/mol. The summed E-state index contributed by atoms with van der Waals surface area (Å²) in [6, 6.07) is 0. The summed E-state index contributed by atoms with van der Waals surface area (Å²) in [6.07, 6.45) is 2.51. The first-order valence-corrected chi connectivity index (χ1v) is 5.25. The second-order valence-corrected chi connectivity index (χ2v) is 3.35. The molecule has 0 aliphatic heterocycles. The number of nitrogens with one attached hydrogen (secondary N) is 2. The van der Waals surface area contributed by atoms with E-state index in [9.17, 15) is 9.59 Å². The Morgan fingerprint density at radius 1 is 1.33 bits per heavy atom. The van der Waals surface area contributed by atoms with Crippen molar-refractivity contribution in [3.63, 3.8) is 0 Å². The fraction of sp³-hybridized carbons (Fsp3) is 0.400. The van der Waals surface area contributed by atoms with Gasteiger partial charge < -0.3 is 21.1 Å². The van der Waals surface area contributed by atoms with Crippen LogP contribution in [0, 0.1) is 0 Å². The Kier molecular flexibility index (Phi) is 5.52. The summed E-state index contributed by atoms with van der Waals surface area (Å²) in [7, 11) is 1.54. The Labute approximate surface area is 104 Å². The molecule has 1 aromatic heterocycles. The van der Waals surface area contributed by atoms with Crippen molar-refractivity contribution in [3.8, 4) is 0 Å². The first-order valence-electron chi connectivity index (χ1n) is 5.25. The number of aromatic nitrogens is 2. The zero-order valence-electron chi connectivity index (χ0n) is 9.97. The maximum atomic E-state index is 11.5. The number of hydrogen-bond donors (Lipinski definition) is 3. The fourth-order valence-electron chi connectivity index (χ4n) is 1.06. The standard InChI is InChI=1S/C10H15N5O3/c1-18-3-2-12-9(16)6-15-10(17)7-4-14-8(11)5-13-7/h4-5H,2-3,6H2,1H3,(H2,11,14)(H,12,16)(H,15,17). The lowest BCUT2D eigenvalue weighted by molar-refractivity contribution is -0.120. The van der Waals surface area contributed by atoms with Crippen LogP contribution in [0.25, 0.3) is 0 Å². The largest absolute Gasteiger partial charge is 0.383 e. The van der Waals surface area contributed by atoms with Gasteiger partial charge in [0.15, 0.2) is 0 Å². The van der Waals surface area contributed by atoms with E-state index in [2.05, 4.69) is 20.6 Å². The third-order valence-corrected chi connectivity index (χ3v) is 1.94. The predicted octanol–water partition coefficient (Wildman–Crippen LogP) is -1.45. The van der Waals surface area contributed by atoms with Crippen molar-refractivity contribution in [1.29, 1.82) is 0 Å². The highest BCUT2D eigenvalue weighted by Gasteiger charge is 2.09. The number of nitrogens with zero attached hydrogens (tertiary/aromatic N) is 2. The Hall–Kier alpha value is -2.22. The molecule has 98 valence electrons. The van der Waals surface area contributed by atoms with E-state index in [1.807, 2.05) is 0 Å². The van der Waals surface area contributed by atoms with Crippen molar-refractivity contribution in [2.24, 2.45) is 0 Å². The minimum Gasteiger partial charge on any atom is -0.383 e. The Morgan fingerprint density at radius 3 is 2.72 bits per heavy atom. The van der Waals surface area contributed by atoms with Crippen LogP contribution in [0.3, 0.4) is 0 Å². The summed E-state index contributed by atoms with van der Waals surface area (Å²) in [6.45, 7) is 0.685. The molecular formula is C10H15N5O3. The van der Waals surface area contributed by atoms with E-state index in [1.54, 1.807) is 0 Å². The smallest absolute Gasteiger partial charge is 0.271 e. The van der Waals surface area contributed by atoms with Crippen molar-refractivity contribution in [1.82, 2.24) is 20.6 Å². The summed E-state index contributed by atoms with van der Waals surface area (Å²) < 4.78 is 4.77. The number of carbonyl (C=O) groups is 2. The number of methoxy groups -OCH3 is 1. The molecule has 0 saturated heterocycles. The van der Waals surface area contributed by atoms with E-state index in [4.69, 9.17) is 10.5 Å². The van der Waals surface area contributed by atoms with Crippen molar-refractivity contribution >= 4 is 17.6 Å². The molecule has 8 heteroatoms. The van der Waals surface area contributed by atoms with E-state index in [-0.39, 0.29) is 24.0 Å². The van der Waals surface area contributed by atoms with E-state index >= 15 is 0 Å². The molecule has 0 aliphatic rings. The minimum absolute atomic E-state index is 0.105. The zero-order chi connectivity index (χ0) is 13.4. The molecule has 0 bridgehead atoms. The molecule has 0 aliphatic carbocycles. The summed E-state index contributed by atoms with van der Waals surface area (Å²) in [5.74, 6) is -0.558. The monoisotopic (exact) mass is 253 g/mol. The molecule has 18 heavy (non-hydrogen) atoms. The van der Waals surface area contributed by atoms with Gasteiger partial charge in [0.25, 0.3) is 5.91 Å². The number of amides is 2. The van der Waals surface area contributed by atoms with Gasteiger partial charge in [-0.05, 0) is 0 Å². The van der Waals surface area contributed by atoms with Gasteiger partial charge in [-0.2, -0.15) is 0 Å². The molecule has 0 unspecified atom stereocenters. The summed E-state index contributed by atoms with van der Waals surface area (Å²) in [5, 5.41) is 4.97. The maximum absolute atomic E-state index is 11.5. The molecule has 8 nitrogen and oxygen atoms in total. The zero-order valence-corrected chi connectivity index (χ0v) is 9.97. The molecule has 0 fully saturated rings. The quantitative estimate of drug-likeness (QED) is 0.534. The number of rotatable bonds is 6. The summed E-state index contributed by atoms with van der Waals surface area (Å²) in [4.78, 5) is 30.3. The Morgan fingerprint density at radius 2 is 2.11 bits per heavy atom. The number of hydrogen-bond acceptors (Lipinski definition) is 6. The average Bonchev–Trinajstić information content (AvgIpc) is 2.37. The van der Waals surface area contributed by atoms with E-state index < -0.39 is 5.91 Å². The molecule has 1 rings (SSSR count). The first-order chi connectivity index (χ1) is 8.63. The number of carbonyl (C=O) groups excluding carboxylic acids is 2. The Bertz CT molecular complexity index is 406. The van der Waals surface area contributed by atoms with Crippen LogP contribution in [0.4, 0.5) is 5.82 Å². The average molecular weight is 253 g/mol. The lowest BCUT2D eigenvalue weighted by atomic mass is 10.4. The van der Waals surface area contributed by atoms with Crippen LogP contribution in [-0.2, 0) is 9.53 Å². The van der Waals surface area contributed by atoms with Crippen LogP contribution in [0.1, 0.15) is 10.5 Å². The van der Waals surface area contributed by atoms with Gasteiger partial charge in [0.05, 0.1) is 25.5 Å². The molecule has 0 atom stereocenters. The topological polar surface area (TPSA) is 119 Å². The van der Waals surface area contributed by atoms with Crippen LogP contribution in [0.5, 0.6) is 0 Å². The minimum atomic E-state index is -0.482. The van der Waals surface area contributed by atoms with Crippen LogP contribution >= 0.6 is 0 Å². The van der Waals surface area contributed by atoms with Crippen LogP contribution < -0.4 is 16.4 Å². The molecule has 4 N–H and O–H groups in total. The highest BCUT2D eigenvalue weighted by molar-refractivity contribution is 5.94. The lowest BCUT2D eigenvalue weighted by Crippen LogP contribution is -2.38. The van der Waals surface area contributed by atoms with Crippen molar-refractivity contribution in [2.75, 3.05) is 32.5 Å². The molecule has 1 aromatic rings. The van der Waals surface area contributed by atoms with E-state index in [0.717, 1.165) is 0 Å². The highest BCUT2D eigenvalue weighted by Crippen LogP contribution is 1.95. The van der Waals surface area contributed by atoms with E-state index in [1.165, 1.54) is 19.5 Å². The first kappa shape index (κ1) is 13.8. The van der Waals surface area contributed by atoms with Crippen LogP contribution in [-0.4, -0.2) is 48.6 Å². The van der Waals surface area contributed by atoms with Gasteiger partial charge >= 0.3 is 0 Å². The molecule has 0 spiro atoms. The second kappa shape index (κ2) is 7.17. The third-order valence-electron chi connectivity index (χ3n) is 1.94. The van der Waals surface area contributed by atoms with Gasteiger partial charge in [-0.15, -0.1) is 0 Å². The summed E-state index contributed by atoms with van der Waals surface area (Å²) >= 11 is 0. The van der Waals surface area contributed by atoms with Gasteiger partial charge in [-0.1, -0.05) is 0 Å². The normalized spacial score (nSPS) is 9.83. The number of ether oxygens (including phenoxy) is 1. The molecular weight excluding hydrogens is 238 g/mol. The fourth-order valence-corrected chi connectivity index (χ4v) is 1.06. The van der Waals surface area contributed by atoms with Gasteiger partial charge in [-0.25, -0.2) is 9.97 Å². The number of nitrogens with two attached hydrogens (primary N) is 1. The van der Waals surface area contributed by atoms with Gasteiger partial charge in [-0.3, -0.25) is 9.59 Å². The number of nitrogen functional groups attached to an aromatic ring is 1. The van der Waals surface area contributed by atoms with Crippen LogP contribution in [0.2, 0.25) is 0 Å². The lowest BCUT2D eigenvalue weighted by Gasteiger charge is -2.05. The molecule has 0 aromatic carbocycles. The highest BCUT2D eigenvalue weighted by atomic mass is 16.5. The van der Waals surface area contributed by atoms with Crippen molar-refractivity contribution in [3.05, 3.63) is 18.1 Å². The second-order valence-electron chi connectivity index (χ2n) is 3.35. The number of anilines is 1. The van der Waals surface area contributed by atoms with Crippen LogP contribution in [0.15, 0.2) is 12.4 Å². The summed E-state index contributed by atoms with van der Waals surface area (Å²) in [5.41, 5.74) is 5.44. The van der Waals surface area contributed by atoms with E-state index in [0.29, 0.717) is 13.2 Å². The SMILES string of the molecule is COCCNC(=O)CNC(=O)c1cnc(N)cn1.